The third kappa shape index (κ3) is 3.03. The Bertz CT molecular complexity index is 907. The zero-order valence-electron chi connectivity index (χ0n) is 16.4. The summed E-state index contributed by atoms with van der Waals surface area (Å²) in [7, 11) is 2.65. The number of benzene rings is 1. The van der Waals surface area contributed by atoms with Crippen LogP contribution in [0.5, 0.6) is 0 Å². The highest BCUT2D eigenvalue weighted by molar-refractivity contribution is 6.24. The van der Waals surface area contributed by atoms with Gasteiger partial charge in [-0.1, -0.05) is 31.2 Å². The van der Waals surface area contributed by atoms with Crippen molar-refractivity contribution < 1.29 is 29.0 Å². The first-order valence-corrected chi connectivity index (χ1v) is 9.26. The van der Waals surface area contributed by atoms with Crippen molar-refractivity contribution in [2.24, 2.45) is 11.8 Å². The van der Waals surface area contributed by atoms with Gasteiger partial charge in [-0.3, -0.25) is 14.4 Å². The number of rotatable bonds is 5. The number of methoxy groups -OCH3 is 2. The predicted octanol–water partition coefficient (Wildman–Crippen LogP) is 3.03. The lowest BCUT2D eigenvalue weighted by molar-refractivity contribution is -0.143. The number of ketones is 2. The number of ether oxygens (including phenoxy) is 2. The van der Waals surface area contributed by atoms with Crippen molar-refractivity contribution in [1.29, 1.82) is 0 Å². The van der Waals surface area contributed by atoms with Gasteiger partial charge in [0.15, 0.2) is 0 Å². The van der Waals surface area contributed by atoms with Gasteiger partial charge >= 0.3 is 5.97 Å². The average molecular weight is 384 g/mol. The molecule has 1 aromatic rings. The monoisotopic (exact) mass is 384 g/mol. The summed E-state index contributed by atoms with van der Waals surface area (Å²) in [5.74, 6) is -3.44. The SMILES string of the molecule is COC1=C(OC)C(=O)C([C@H]2c3ccccc3CC[C@@H]2[C@@H](C)C(=O)O)=C(C)C1=O. The first-order chi connectivity index (χ1) is 13.3. The first kappa shape index (κ1) is 19.9. The topological polar surface area (TPSA) is 89.9 Å². The van der Waals surface area contributed by atoms with Crippen LogP contribution in [-0.2, 0) is 30.3 Å². The number of hydrogen-bond acceptors (Lipinski definition) is 5. The van der Waals surface area contributed by atoms with Crippen molar-refractivity contribution >= 4 is 17.5 Å². The Morgan fingerprint density at radius 1 is 1.11 bits per heavy atom. The van der Waals surface area contributed by atoms with E-state index in [-0.39, 0.29) is 23.0 Å². The van der Waals surface area contributed by atoms with Gasteiger partial charge in [0.2, 0.25) is 23.1 Å². The third-order valence-electron chi connectivity index (χ3n) is 5.92. The maximum absolute atomic E-state index is 13.3. The standard InChI is InChI=1S/C22H24O6/c1-11(22(25)26)14-10-9-13-7-5-6-8-15(13)17(14)16-12(2)18(23)20(27-3)21(28-4)19(16)24/h5-8,11,14,17H,9-10H2,1-4H3,(H,25,26)/t11-,14-,17-/m1/s1. The Hall–Kier alpha value is -2.89. The van der Waals surface area contributed by atoms with E-state index in [0.717, 1.165) is 17.5 Å². The number of carboxylic acids is 1. The Labute approximate surface area is 163 Å². The van der Waals surface area contributed by atoms with E-state index in [4.69, 9.17) is 9.47 Å². The van der Waals surface area contributed by atoms with Crippen molar-refractivity contribution in [1.82, 2.24) is 0 Å². The molecule has 6 nitrogen and oxygen atoms in total. The zero-order valence-corrected chi connectivity index (χ0v) is 16.4. The molecule has 3 atom stereocenters. The fourth-order valence-electron chi connectivity index (χ4n) is 4.41. The molecule has 0 amide bonds. The molecule has 0 aromatic heterocycles. The summed E-state index contributed by atoms with van der Waals surface area (Å²) in [6.45, 7) is 3.26. The molecular formula is C22H24O6. The van der Waals surface area contributed by atoms with Gasteiger partial charge in [-0.05, 0) is 36.8 Å². The molecular weight excluding hydrogens is 360 g/mol. The second-order valence-corrected chi connectivity index (χ2v) is 7.27. The van der Waals surface area contributed by atoms with Crippen molar-refractivity contribution in [3.63, 3.8) is 0 Å². The van der Waals surface area contributed by atoms with Crippen LogP contribution in [-0.4, -0.2) is 36.9 Å². The second-order valence-electron chi connectivity index (χ2n) is 7.27. The van der Waals surface area contributed by atoms with E-state index >= 15 is 0 Å². The van der Waals surface area contributed by atoms with Gasteiger partial charge in [-0.25, -0.2) is 0 Å². The van der Waals surface area contributed by atoms with Crippen LogP contribution >= 0.6 is 0 Å². The van der Waals surface area contributed by atoms with E-state index in [2.05, 4.69) is 0 Å². The molecule has 28 heavy (non-hydrogen) atoms. The number of carbonyl (C=O) groups excluding carboxylic acids is 2. The zero-order chi connectivity index (χ0) is 20.6. The second kappa shape index (κ2) is 7.62. The molecule has 3 rings (SSSR count). The summed E-state index contributed by atoms with van der Waals surface area (Å²) in [5, 5.41) is 9.64. The number of fused-ring (bicyclic) bond motifs is 1. The highest BCUT2D eigenvalue weighted by Crippen LogP contribution is 2.47. The van der Waals surface area contributed by atoms with Crippen LogP contribution in [0.2, 0.25) is 0 Å². The number of carboxylic acid groups (broad SMARTS) is 1. The minimum Gasteiger partial charge on any atom is -0.489 e. The van der Waals surface area contributed by atoms with Crippen LogP contribution in [0.4, 0.5) is 0 Å². The number of allylic oxidation sites excluding steroid dienone is 2. The Morgan fingerprint density at radius 2 is 1.71 bits per heavy atom. The van der Waals surface area contributed by atoms with Crippen LogP contribution < -0.4 is 0 Å². The summed E-state index contributed by atoms with van der Waals surface area (Å²) >= 11 is 0. The molecule has 2 aliphatic rings. The number of aliphatic carboxylic acids is 1. The highest BCUT2D eigenvalue weighted by Gasteiger charge is 2.45. The van der Waals surface area contributed by atoms with E-state index in [9.17, 15) is 19.5 Å². The van der Waals surface area contributed by atoms with Crippen molar-refractivity contribution in [3.05, 3.63) is 58.1 Å². The average Bonchev–Trinajstić information content (AvgIpc) is 2.69. The van der Waals surface area contributed by atoms with Gasteiger partial charge in [0.25, 0.3) is 0 Å². The third-order valence-corrected chi connectivity index (χ3v) is 5.92. The summed E-state index contributed by atoms with van der Waals surface area (Å²) in [6, 6.07) is 7.71. The van der Waals surface area contributed by atoms with Crippen LogP contribution in [0.3, 0.4) is 0 Å². The van der Waals surface area contributed by atoms with E-state index in [0.29, 0.717) is 12.0 Å². The lowest BCUT2D eigenvalue weighted by Crippen LogP contribution is -2.36. The van der Waals surface area contributed by atoms with Crippen LogP contribution in [0, 0.1) is 11.8 Å². The van der Waals surface area contributed by atoms with E-state index < -0.39 is 29.4 Å². The molecule has 2 aliphatic carbocycles. The Balaban J connectivity index is 2.22. The molecule has 0 radical (unpaired) electrons. The quantitative estimate of drug-likeness (QED) is 0.785. The number of hydrogen-bond donors (Lipinski definition) is 1. The fourth-order valence-corrected chi connectivity index (χ4v) is 4.41. The molecule has 0 saturated carbocycles. The molecule has 0 fully saturated rings. The van der Waals surface area contributed by atoms with E-state index in [1.54, 1.807) is 13.8 Å². The van der Waals surface area contributed by atoms with Crippen molar-refractivity contribution in [2.75, 3.05) is 14.2 Å². The summed E-state index contributed by atoms with van der Waals surface area (Å²) in [5.41, 5.74) is 2.57. The summed E-state index contributed by atoms with van der Waals surface area (Å²) in [6.07, 6.45) is 1.36. The predicted molar refractivity (Wildman–Crippen MR) is 102 cm³/mol. The molecule has 0 saturated heterocycles. The minimum atomic E-state index is -0.915. The van der Waals surface area contributed by atoms with Crippen LogP contribution in [0.15, 0.2) is 46.9 Å². The van der Waals surface area contributed by atoms with Gasteiger partial charge in [-0.15, -0.1) is 0 Å². The molecule has 0 unspecified atom stereocenters. The fraction of sp³-hybridized carbons (Fsp3) is 0.409. The van der Waals surface area contributed by atoms with Gasteiger partial charge in [0.05, 0.1) is 20.1 Å². The summed E-state index contributed by atoms with van der Waals surface area (Å²) in [4.78, 5) is 37.9. The van der Waals surface area contributed by atoms with Crippen LogP contribution in [0.1, 0.15) is 37.3 Å². The van der Waals surface area contributed by atoms with Gasteiger partial charge < -0.3 is 14.6 Å². The number of aryl methyl sites for hydroxylation is 1. The molecule has 0 spiro atoms. The smallest absolute Gasteiger partial charge is 0.306 e. The Kier molecular flexibility index (Phi) is 5.40. The van der Waals surface area contributed by atoms with Crippen molar-refractivity contribution in [2.45, 2.75) is 32.6 Å². The number of Topliss-reactive ketones (excluding diaryl/α,β-unsaturated/α-hetero) is 2. The molecule has 1 N–H and O–H groups in total. The lowest BCUT2D eigenvalue weighted by atomic mass is 9.64. The van der Waals surface area contributed by atoms with Gasteiger partial charge in [0.1, 0.15) is 0 Å². The minimum absolute atomic E-state index is 0.110. The molecule has 1 aromatic carbocycles. The molecule has 0 aliphatic heterocycles. The number of carbonyl (C=O) groups is 3. The highest BCUT2D eigenvalue weighted by atomic mass is 16.5. The first-order valence-electron chi connectivity index (χ1n) is 9.26. The summed E-state index contributed by atoms with van der Waals surface area (Å²) < 4.78 is 10.3. The molecule has 0 bridgehead atoms. The molecule has 6 heteroatoms. The largest absolute Gasteiger partial charge is 0.489 e. The van der Waals surface area contributed by atoms with Gasteiger partial charge in [0, 0.05) is 17.1 Å². The molecule has 0 heterocycles. The maximum Gasteiger partial charge on any atom is 0.306 e. The Morgan fingerprint density at radius 3 is 2.32 bits per heavy atom. The van der Waals surface area contributed by atoms with E-state index in [1.807, 2.05) is 24.3 Å². The van der Waals surface area contributed by atoms with E-state index in [1.165, 1.54) is 14.2 Å². The molecule has 148 valence electrons. The normalized spacial score (nSPS) is 23.4. The van der Waals surface area contributed by atoms with Gasteiger partial charge in [-0.2, -0.15) is 0 Å². The van der Waals surface area contributed by atoms with Crippen molar-refractivity contribution in [3.8, 4) is 0 Å². The maximum atomic E-state index is 13.3. The van der Waals surface area contributed by atoms with Crippen LogP contribution in [0.25, 0.3) is 0 Å². The lowest BCUT2D eigenvalue weighted by Gasteiger charge is -2.38.